The molecule has 0 heterocycles. The largest absolute Gasteiger partial charge is 1.00 e. The second-order valence-electron chi connectivity index (χ2n) is 8.91. The van der Waals surface area contributed by atoms with Crippen LogP contribution in [0.1, 0.15) is 26.7 Å². The standard InChI is InChI=1S/2C9H15Si.C2H6Si.2ClH.Ti/c2*1-8-5-6-9(7-8)10(2,3)4;1-3-2;;;/h2*7H,6H2,1-4H3;1-2H3;2*1H;/q2*-1;;;;+2/p-2. The van der Waals surface area contributed by atoms with E-state index in [9.17, 15) is 0 Å². The molecule has 0 aliphatic heterocycles. The maximum atomic E-state index is 3.33. The van der Waals surface area contributed by atoms with Gasteiger partial charge in [0.1, 0.15) is 0 Å². The molecule has 0 aromatic heterocycles. The molecule has 6 heteroatoms. The van der Waals surface area contributed by atoms with Gasteiger partial charge in [0.25, 0.3) is 0 Å². The summed E-state index contributed by atoms with van der Waals surface area (Å²) in [6.07, 6.45) is 13.6. The van der Waals surface area contributed by atoms with Crippen molar-refractivity contribution in [3.63, 3.8) is 0 Å². The Bertz CT molecular complexity index is 525. The van der Waals surface area contributed by atoms with Crippen LogP contribution in [0.3, 0.4) is 0 Å². The molecule has 0 atom stereocenters. The molecule has 0 amide bonds. The minimum atomic E-state index is -0.988. The fraction of sp³-hybridized carbons (Fsp3) is 0.600. The number of allylic oxidation sites excluding steroid dienone is 8. The molecule has 2 aliphatic rings. The Morgan fingerprint density at radius 2 is 1.00 bits per heavy atom. The summed E-state index contributed by atoms with van der Waals surface area (Å²) >= 11 is 2.27. The van der Waals surface area contributed by atoms with E-state index in [2.05, 4.69) is 110 Å². The van der Waals surface area contributed by atoms with Gasteiger partial charge in [-0.1, -0.05) is 53.1 Å². The second-order valence-corrected chi connectivity index (χ2v) is 25.9. The number of rotatable bonds is 2. The van der Waals surface area contributed by atoms with Crippen LogP contribution in [0.15, 0.2) is 33.7 Å². The van der Waals surface area contributed by atoms with Gasteiger partial charge in [-0.2, -0.15) is 10.4 Å². The first-order valence-corrected chi connectivity index (χ1v) is 20.7. The maximum absolute atomic E-state index is 3.33. The van der Waals surface area contributed by atoms with Crippen LogP contribution >= 0.6 is 0 Å². The van der Waals surface area contributed by atoms with Crippen LogP contribution in [0.2, 0.25) is 52.4 Å². The topological polar surface area (TPSA) is 0 Å². The Hall–Kier alpha value is 0.905. The van der Waals surface area contributed by atoms with Crippen LogP contribution in [-0.4, -0.2) is 22.3 Å². The zero-order valence-electron chi connectivity index (χ0n) is 18.3. The van der Waals surface area contributed by atoms with E-state index >= 15 is 0 Å². The van der Waals surface area contributed by atoms with Crippen molar-refractivity contribution in [2.45, 2.75) is 79.1 Å². The fourth-order valence-electron chi connectivity index (χ4n) is 2.16. The van der Waals surface area contributed by atoms with Crippen molar-refractivity contribution >= 4 is 22.3 Å². The van der Waals surface area contributed by atoms with Gasteiger partial charge in [-0.25, -0.2) is 23.3 Å². The zero-order chi connectivity index (χ0) is 19.1. The van der Waals surface area contributed by atoms with Crippen molar-refractivity contribution in [3.8, 4) is 0 Å². The monoisotopic (exact) mass is 478 g/mol. The molecule has 0 unspecified atom stereocenters. The maximum Gasteiger partial charge on any atom is -1.00 e. The van der Waals surface area contributed by atoms with Gasteiger partial charge in [0.15, 0.2) is 0 Å². The third kappa shape index (κ3) is 14.9. The van der Waals surface area contributed by atoms with Crippen LogP contribution in [0.4, 0.5) is 0 Å². The quantitative estimate of drug-likeness (QED) is 0.404. The summed E-state index contributed by atoms with van der Waals surface area (Å²) in [5, 5.41) is 3.29. The molecule has 0 spiro atoms. The first-order valence-electron chi connectivity index (χ1n) is 8.82. The molecule has 0 aromatic rings. The van der Waals surface area contributed by atoms with Crippen molar-refractivity contribution in [3.05, 3.63) is 45.8 Å². The van der Waals surface area contributed by atoms with Gasteiger partial charge in [-0.05, 0) is 0 Å². The molecule has 148 valence electrons. The van der Waals surface area contributed by atoms with Crippen LogP contribution < -0.4 is 24.8 Å². The summed E-state index contributed by atoms with van der Waals surface area (Å²) < 4.78 is 0. The first-order chi connectivity index (χ1) is 10.7. The zero-order valence-corrected chi connectivity index (χ0v) is 24.4. The van der Waals surface area contributed by atoms with Crippen LogP contribution in [0.25, 0.3) is 0 Å². The van der Waals surface area contributed by atoms with Crippen LogP contribution in [0, 0.1) is 12.2 Å². The van der Waals surface area contributed by atoms with Gasteiger partial charge in [0, 0.05) is 0 Å². The summed E-state index contributed by atoms with van der Waals surface area (Å²) in [4.78, 5) is 0. The van der Waals surface area contributed by atoms with Gasteiger partial charge < -0.3 is 24.8 Å². The molecular weight excluding hydrogens is 443 g/mol. The average molecular weight is 480 g/mol. The summed E-state index contributed by atoms with van der Waals surface area (Å²) in [5.41, 5.74) is 2.66. The molecule has 0 saturated carbocycles. The van der Waals surface area contributed by atoms with E-state index in [1.165, 1.54) is 11.1 Å². The predicted octanol–water partition coefficient (Wildman–Crippen LogP) is 0.679. The SMILES string of the molecule is CC1=[C-]CC([Si](C)(C)C)=C1.CC1=[C-]CC([Si](C)(C)C)=C1.C[Si](C)=[Ti+2].[Cl-].[Cl-]. The normalized spacial score (nSPS) is 15.5. The van der Waals surface area contributed by atoms with Gasteiger partial charge in [-0.15, -0.1) is 12.8 Å². The Balaban J connectivity index is -0.000000319. The summed E-state index contributed by atoms with van der Waals surface area (Å²) in [5.74, 6) is 0. The summed E-state index contributed by atoms with van der Waals surface area (Å²) in [6, 6.07) is 0. The molecule has 0 fully saturated rings. The molecule has 0 bridgehead atoms. The van der Waals surface area contributed by atoms with E-state index in [0.717, 1.165) is 12.8 Å². The van der Waals surface area contributed by atoms with Crippen molar-refractivity contribution in [1.29, 1.82) is 0 Å². The van der Waals surface area contributed by atoms with Gasteiger partial charge in [-0.3, -0.25) is 12.2 Å². The van der Waals surface area contributed by atoms with E-state index in [-0.39, 0.29) is 31.0 Å². The number of halogens is 2. The van der Waals surface area contributed by atoms with Gasteiger partial charge in [0.05, 0.1) is 16.1 Å². The Morgan fingerprint density at radius 3 is 1.08 bits per heavy atom. The van der Waals surface area contributed by atoms with Crippen molar-refractivity contribution in [2.75, 3.05) is 0 Å². The minimum Gasteiger partial charge on any atom is -1.00 e. The third-order valence-electron chi connectivity index (χ3n) is 3.82. The van der Waals surface area contributed by atoms with E-state index < -0.39 is 16.1 Å². The third-order valence-corrected chi connectivity index (χ3v) is 8.32. The van der Waals surface area contributed by atoms with Crippen LogP contribution in [0.5, 0.6) is 0 Å². The van der Waals surface area contributed by atoms with E-state index in [4.69, 9.17) is 0 Å². The molecule has 2 aliphatic carbocycles. The van der Waals surface area contributed by atoms with E-state index in [1.54, 1.807) is 10.4 Å². The molecule has 26 heavy (non-hydrogen) atoms. The molecule has 0 aromatic carbocycles. The Morgan fingerprint density at radius 1 is 0.769 bits per heavy atom. The first kappa shape index (κ1) is 31.6. The van der Waals surface area contributed by atoms with Gasteiger partial charge in [0.2, 0.25) is 0 Å². The van der Waals surface area contributed by atoms with Crippen molar-refractivity contribution in [1.82, 2.24) is 0 Å². The minimum absolute atomic E-state index is 0. The average Bonchev–Trinajstić information content (AvgIpc) is 2.96. The summed E-state index contributed by atoms with van der Waals surface area (Å²) in [7, 11) is -1.98. The number of hydrogen-bond acceptors (Lipinski definition) is 0. The van der Waals surface area contributed by atoms with E-state index in [0.29, 0.717) is 0 Å². The molecule has 0 nitrogen and oxygen atoms in total. The molecule has 0 radical (unpaired) electrons. The summed E-state index contributed by atoms with van der Waals surface area (Å²) in [6.45, 7) is 23.1. The Labute approximate surface area is 190 Å². The fourth-order valence-corrected chi connectivity index (χ4v) is 4.70. The number of hydrogen-bond donors (Lipinski definition) is 0. The second kappa shape index (κ2) is 14.0. The van der Waals surface area contributed by atoms with Crippen molar-refractivity contribution in [2.24, 2.45) is 0 Å². The molecule has 0 saturated heterocycles. The molecular formula is C20H36Cl2Si3Ti-2. The smallest absolute Gasteiger partial charge is 1.00 e. The Kier molecular flexibility index (Phi) is 17.0. The van der Waals surface area contributed by atoms with Crippen LogP contribution in [-0.2, 0) is 19.2 Å². The van der Waals surface area contributed by atoms with E-state index in [1.807, 2.05) is 0 Å². The molecule has 2 rings (SSSR count). The predicted molar refractivity (Wildman–Crippen MR) is 114 cm³/mol. The van der Waals surface area contributed by atoms with Gasteiger partial charge >= 0.3 is 38.5 Å². The van der Waals surface area contributed by atoms with Crippen molar-refractivity contribution < 1.29 is 44.0 Å². The molecule has 0 N–H and O–H groups in total.